The molecule has 9 heteroatoms. The lowest BCUT2D eigenvalue weighted by atomic mass is 9.80. The Kier molecular flexibility index (Phi) is 12.9. The first kappa shape index (κ1) is 36.6. The van der Waals surface area contributed by atoms with Crippen molar-refractivity contribution < 1.29 is 18.2 Å². The maximum atomic E-state index is 14.4. The van der Waals surface area contributed by atoms with E-state index in [0.29, 0.717) is 29.2 Å². The Hall–Kier alpha value is -2.24. The van der Waals surface area contributed by atoms with Gasteiger partial charge in [0.1, 0.15) is 0 Å². The molecule has 1 heterocycles. The van der Waals surface area contributed by atoms with Crippen molar-refractivity contribution in [2.45, 2.75) is 110 Å². The molecular formula is C37H53N3O4P2. The second-order valence-electron chi connectivity index (χ2n) is 14.6. The molecule has 4 rings (SSSR count). The van der Waals surface area contributed by atoms with Gasteiger partial charge in [0.05, 0.1) is 41.5 Å². The normalized spacial score (nSPS) is 22.7. The van der Waals surface area contributed by atoms with Crippen LogP contribution in [-0.4, -0.2) is 35.1 Å². The Morgan fingerprint density at radius 3 is 1.67 bits per heavy atom. The molecule has 1 aliphatic heterocycles. The van der Waals surface area contributed by atoms with Crippen LogP contribution in [0.15, 0.2) is 60.7 Å². The molecule has 0 aromatic heterocycles. The predicted octanol–water partition coefficient (Wildman–Crippen LogP) is 9.22. The third kappa shape index (κ3) is 10.1. The zero-order valence-corrected chi connectivity index (χ0v) is 30.1. The molecule has 46 heavy (non-hydrogen) atoms. The van der Waals surface area contributed by atoms with E-state index in [1.807, 2.05) is 93.0 Å². The zero-order chi connectivity index (χ0) is 33.3. The van der Waals surface area contributed by atoms with Gasteiger partial charge in [0.2, 0.25) is 7.37 Å². The molecule has 1 saturated heterocycles. The van der Waals surface area contributed by atoms with E-state index in [1.54, 1.807) is 0 Å². The van der Waals surface area contributed by atoms with Crippen LogP contribution in [0.3, 0.4) is 0 Å². The van der Waals surface area contributed by atoms with Gasteiger partial charge in [-0.25, -0.2) is 4.67 Å². The topological polar surface area (TPSA) is 103 Å². The highest BCUT2D eigenvalue weighted by Gasteiger charge is 2.41. The van der Waals surface area contributed by atoms with Crippen LogP contribution in [0, 0.1) is 40.4 Å². The number of rotatable bonds is 15. The number of hydrogen-bond donors (Lipinski definition) is 0. The van der Waals surface area contributed by atoms with Crippen molar-refractivity contribution in [2.75, 3.05) is 19.3 Å². The second kappa shape index (κ2) is 16.2. The zero-order valence-electron chi connectivity index (χ0n) is 28.3. The van der Waals surface area contributed by atoms with Crippen molar-refractivity contribution in [1.82, 2.24) is 4.67 Å². The summed E-state index contributed by atoms with van der Waals surface area (Å²) >= 11 is 0. The van der Waals surface area contributed by atoms with E-state index in [9.17, 15) is 19.7 Å². The highest BCUT2D eigenvalue weighted by molar-refractivity contribution is 7.67. The molecule has 0 amide bonds. The average Bonchev–Trinajstić information content (AvgIpc) is 3.02. The number of hydrogen-bond acceptors (Lipinski definition) is 6. The molecule has 2 aromatic carbocycles. The maximum absolute atomic E-state index is 14.4. The highest BCUT2D eigenvalue weighted by atomic mass is 31.2. The summed E-state index contributed by atoms with van der Waals surface area (Å²) in [6.07, 6.45) is 11.0. The third-order valence-corrected chi connectivity index (χ3v) is 15.4. The summed E-state index contributed by atoms with van der Waals surface area (Å²) in [5.74, 6) is 1.69. The fraction of sp³-hybridized carbons (Fsp3) is 0.622. The molecule has 2 aliphatic rings. The Balaban J connectivity index is 1.25. The van der Waals surface area contributed by atoms with Crippen LogP contribution in [0.4, 0.5) is 0 Å². The number of benzene rings is 2. The average molecular weight is 666 g/mol. The first-order valence-electron chi connectivity index (χ1n) is 17.1. The molecule has 2 atom stereocenters. The second-order valence-corrected chi connectivity index (χ2v) is 19.4. The van der Waals surface area contributed by atoms with Gasteiger partial charge in [-0.2, -0.15) is 10.5 Å². The van der Waals surface area contributed by atoms with Gasteiger partial charge < -0.3 is 9.05 Å². The maximum Gasteiger partial charge on any atom is 0.302 e. The van der Waals surface area contributed by atoms with Crippen LogP contribution in [0.1, 0.15) is 98.3 Å². The Morgan fingerprint density at radius 1 is 0.696 bits per heavy atom. The molecule has 1 saturated carbocycles. The van der Waals surface area contributed by atoms with E-state index in [1.165, 1.54) is 19.3 Å². The minimum atomic E-state index is -3.29. The molecule has 2 aromatic rings. The van der Waals surface area contributed by atoms with E-state index >= 15 is 0 Å². The fourth-order valence-electron chi connectivity index (χ4n) is 7.13. The SMILES string of the molecule is CC(C)(CC#N)OP(=O)(CC1CCC(CCCC2CCN(P(=O)(OC(C)(C)CC#N)c3ccccc3)CC2)CC1)c1ccccc1. The quantitative estimate of drug-likeness (QED) is 0.175. The number of nitrogens with zero attached hydrogens (tertiary/aromatic N) is 3. The van der Waals surface area contributed by atoms with Gasteiger partial charge in [-0.3, -0.25) is 9.13 Å². The van der Waals surface area contributed by atoms with Gasteiger partial charge in [-0.05, 0) is 95.4 Å². The molecule has 1 aliphatic carbocycles. The number of piperidine rings is 1. The lowest BCUT2D eigenvalue weighted by Gasteiger charge is -2.40. The van der Waals surface area contributed by atoms with Gasteiger partial charge in [0.15, 0.2) is 0 Å². The monoisotopic (exact) mass is 665 g/mol. The summed E-state index contributed by atoms with van der Waals surface area (Å²) in [4.78, 5) is 0. The third-order valence-electron chi connectivity index (χ3n) is 9.66. The van der Waals surface area contributed by atoms with Crippen LogP contribution in [0.2, 0.25) is 0 Å². The van der Waals surface area contributed by atoms with Gasteiger partial charge in [-0.15, -0.1) is 0 Å². The molecule has 2 unspecified atom stereocenters. The lowest BCUT2D eigenvalue weighted by Crippen LogP contribution is -2.38. The van der Waals surface area contributed by atoms with Gasteiger partial charge in [0, 0.05) is 24.6 Å². The van der Waals surface area contributed by atoms with Crippen molar-refractivity contribution in [3.05, 3.63) is 60.7 Å². The van der Waals surface area contributed by atoms with Crippen molar-refractivity contribution >= 4 is 25.5 Å². The Labute approximate surface area is 277 Å². The van der Waals surface area contributed by atoms with E-state index in [2.05, 4.69) is 12.1 Å². The van der Waals surface area contributed by atoms with Gasteiger partial charge >= 0.3 is 7.52 Å². The summed E-state index contributed by atoms with van der Waals surface area (Å²) < 4.78 is 43.4. The number of nitriles is 2. The van der Waals surface area contributed by atoms with E-state index in [4.69, 9.17) is 9.05 Å². The Morgan fingerprint density at radius 2 is 1.15 bits per heavy atom. The largest absolute Gasteiger partial charge is 0.318 e. The predicted molar refractivity (Wildman–Crippen MR) is 187 cm³/mol. The minimum Gasteiger partial charge on any atom is -0.318 e. The summed E-state index contributed by atoms with van der Waals surface area (Å²) in [6.45, 7) is 8.89. The van der Waals surface area contributed by atoms with Gasteiger partial charge in [0.25, 0.3) is 0 Å². The Bertz CT molecular complexity index is 1420. The standard InChI is InChI=1S/C37H53N3O4P2/c1-36(2,24-26-38)43-45(41,34-14-7-5-8-15-34)30-33-20-18-31(19-21-33)12-11-13-32-22-28-40(29-23-32)46(42,35-16-9-6-10-17-35)44-37(3,4)25-27-39/h5-10,14-17,31-33H,11-13,18-25,28-30H2,1-4H3. The molecule has 7 nitrogen and oxygen atoms in total. The first-order valence-corrected chi connectivity index (χ1v) is 20.5. The molecule has 0 spiro atoms. The van der Waals surface area contributed by atoms with Crippen LogP contribution in [0.25, 0.3) is 0 Å². The van der Waals surface area contributed by atoms with E-state index in [0.717, 1.165) is 56.9 Å². The molecule has 0 radical (unpaired) electrons. The molecule has 0 bridgehead atoms. The molecule has 250 valence electrons. The van der Waals surface area contributed by atoms with E-state index in [-0.39, 0.29) is 12.8 Å². The highest BCUT2D eigenvalue weighted by Crippen LogP contribution is 2.55. The molecule has 2 fully saturated rings. The summed E-state index contributed by atoms with van der Waals surface area (Å²) in [5.41, 5.74) is -1.55. The van der Waals surface area contributed by atoms with Crippen LogP contribution in [-0.2, 0) is 18.2 Å². The molecular weight excluding hydrogens is 612 g/mol. The lowest BCUT2D eigenvalue weighted by molar-refractivity contribution is 0.0988. The minimum absolute atomic E-state index is 0.183. The first-order chi connectivity index (χ1) is 21.9. The van der Waals surface area contributed by atoms with Crippen molar-refractivity contribution in [3.63, 3.8) is 0 Å². The fourth-order valence-corrected chi connectivity index (χ4v) is 12.6. The van der Waals surface area contributed by atoms with Crippen molar-refractivity contribution in [3.8, 4) is 12.1 Å². The van der Waals surface area contributed by atoms with Gasteiger partial charge in [-0.1, -0.05) is 68.5 Å². The van der Waals surface area contributed by atoms with E-state index < -0.39 is 26.1 Å². The summed E-state index contributed by atoms with van der Waals surface area (Å²) in [7, 11) is -6.39. The van der Waals surface area contributed by atoms with Crippen molar-refractivity contribution in [1.29, 1.82) is 10.5 Å². The summed E-state index contributed by atoms with van der Waals surface area (Å²) in [6, 6.07) is 23.4. The van der Waals surface area contributed by atoms with Crippen molar-refractivity contribution in [2.24, 2.45) is 17.8 Å². The van der Waals surface area contributed by atoms with Crippen LogP contribution < -0.4 is 10.6 Å². The van der Waals surface area contributed by atoms with Crippen LogP contribution in [0.5, 0.6) is 0 Å². The van der Waals surface area contributed by atoms with Crippen LogP contribution >= 0.6 is 14.9 Å². The molecule has 0 N–H and O–H groups in total. The smallest absolute Gasteiger partial charge is 0.302 e. The summed E-state index contributed by atoms with van der Waals surface area (Å²) in [5, 5.41) is 20.0.